The molecule has 0 unspecified atom stereocenters. The first-order chi connectivity index (χ1) is 9.30. The van der Waals surface area contributed by atoms with E-state index in [2.05, 4.69) is 5.32 Å². The van der Waals surface area contributed by atoms with Gasteiger partial charge in [-0.25, -0.2) is 17.9 Å². The van der Waals surface area contributed by atoms with Crippen molar-refractivity contribution in [1.82, 2.24) is 10.0 Å². The summed E-state index contributed by atoms with van der Waals surface area (Å²) < 4.78 is 25.3. The van der Waals surface area contributed by atoms with E-state index in [1.165, 1.54) is 11.8 Å². The van der Waals surface area contributed by atoms with Crippen molar-refractivity contribution < 1.29 is 13.2 Å². The molecule has 0 aliphatic carbocycles. The predicted octanol–water partition coefficient (Wildman–Crippen LogP) is 1.40. The van der Waals surface area contributed by atoms with Crippen LogP contribution in [0.4, 0.5) is 10.5 Å². The molecular formula is C12H19N3O3S2. The van der Waals surface area contributed by atoms with E-state index in [0.717, 1.165) is 4.90 Å². The SMILES string of the molecule is CC(C)NC(=O)NS(=O)(=O)CCSc1ccccc1N. The summed E-state index contributed by atoms with van der Waals surface area (Å²) >= 11 is 1.34. The van der Waals surface area contributed by atoms with E-state index in [9.17, 15) is 13.2 Å². The highest BCUT2D eigenvalue weighted by atomic mass is 32.2. The first kappa shape index (κ1) is 16.6. The van der Waals surface area contributed by atoms with Gasteiger partial charge in [0, 0.05) is 22.4 Å². The third-order valence-electron chi connectivity index (χ3n) is 2.20. The van der Waals surface area contributed by atoms with Gasteiger partial charge in [0.05, 0.1) is 5.75 Å². The molecule has 8 heteroatoms. The molecule has 0 aromatic heterocycles. The number of thioether (sulfide) groups is 1. The number of benzene rings is 1. The molecule has 4 N–H and O–H groups in total. The number of urea groups is 1. The molecule has 0 spiro atoms. The number of nitrogen functional groups attached to an aromatic ring is 1. The molecule has 0 radical (unpaired) electrons. The molecule has 2 amide bonds. The van der Waals surface area contributed by atoms with Crippen LogP contribution in [0.5, 0.6) is 0 Å². The van der Waals surface area contributed by atoms with E-state index in [0.29, 0.717) is 11.4 Å². The molecule has 0 aliphatic heterocycles. The van der Waals surface area contributed by atoms with Gasteiger partial charge < -0.3 is 11.1 Å². The zero-order valence-corrected chi connectivity index (χ0v) is 13.1. The number of hydrogen-bond acceptors (Lipinski definition) is 5. The molecule has 112 valence electrons. The van der Waals surface area contributed by atoms with Gasteiger partial charge in [-0.2, -0.15) is 0 Å². The summed E-state index contributed by atoms with van der Waals surface area (Å²) in [7, 11) is -3.63. The van der Waals surface area contributed by atoms with Crippen molar-refractivity contribution in [2.45, 2.75) is 24.8 Å². The summed E-state index contributed by atoms with van der Waals surface area (Å²) in [6.45, 7) is 3.50. The van der Waals surface area contributed by atoms with Gasteiger partial charge in [0.1, 0.15) is 0 Å². The lowest BCUT2D eigenvalue weighted by molar-refractivity contribution is 0.243. The first-order valence-electron chi connectivity index (χ1n) is 6.08. The normalized spacial score (nSPS) is 11.3. The predicted molar refractivity (Wildman–Crippen MR) is 82.2 cm³/mol. The number of sulfonamides is 1. The summed E-state index contributed by atoms with van der Waals surface area (Å²) in [5.74, 6) is 0.163. The Morgan fingerprint density at radius 3 is 2.60 bits per heavy atom. The Hall–Kier alpha value is -1.41. The van der Waals surface area contributed by atoms with Crippen LogP contribution >= 0.6 is 11.8 Å². The fraction of sp³-hybridized carbons (Fsp3) is 0.417. The zero-order valence-electron chi connectivity index (χ0n) is 11.4. The lowest BCUT2D eigenvalue weighted by Crippen LogP contribution is -2.43. The Morgan fingerprint density at radius 2 is 2.00 bits per heavy atom. The summed E-state index contributed by atoms with van der Waals surface area (Å²) in [5, 5.41) is 2.46. The highest BCUT2D eigenvalue weighted by molar-refractivity contribution is 8.00. The number of amides is 2. The maximum Gasteiger partial charge on any atom is 0.328 e. The van der Waals surface area contributed by atoms with Crippen molar-refractivity contribution in [2.75, 3.05) is 17.2 Å². The molecule has 6 nitrogen and oxygen atoms in total. The van der Waals surface area contributed by atoms with Crippen LogP contribution < -0.4 is 15.8 Å². The molecule has 0 atom stereocenters. The second-order valence-electron chi connectivity index (χ2n) is 4.44. The van der Waals surface area contributed by atoms with Crippen molar-refractivity contribution in [3.8, 4) is 0 Å². The maximum absolute atomic E-state index is 11.7. The van der Waals surface area contributed by atoms with Gasteiger partial charge in [0.25, 0.3) is 0 Å². The lowest BCUT2D eigenvalue weighted by Gasteiger charge is -2.10. The van der Waals surface area contributed by atoms with Crippen LogP contribution in [0.15, 0.2) is 29.2 Å². The number of rotatable bonds is 6. The van der Waals surface area contributed by atoms with E-state index in [-0.39, 0.29) is 11.8 Å². The van der Waals surface area contributed by atoms with E-state index in [1.807, 2.05) is 22.9 Å². The van der Waals surface area contributed by atoms with Gasteiger partial charge in [-0.15, -0.1) is 11.8 Å². The van der Waals surface area contributed by atoms with E-state index in [1.54, 1.807) is 19.9 Å². The second kappa shape index (κ2) is 7.39. The molecule has 0 bridgehead atoms. The number of hydrogen-bond donors (Lipinski definition) is 3. The topological polar surface area (TPSA) is 101 Å². The van der Waals surface area contributed by atoms with Gasteiger partial charge in [-0.05, 0) is 26.0 Å². The minimum atomic E-state index is -3.63. The summed E-state index contributed by atoms with van der Waals surface area (Å²) in [6.07, 6.45) is 0. The molecule has 20 heavy (non-hydrogen) atoms. The fourth-order valence-electron chi connectivity index (χ4n) is 1.36. The summed E-state index contributed by atoms with van der Waals surface area (Å²) in [6, 6.07) is 6.40. The van der Waals surface area contributed by atoms with Crippen molar-refractivity contribution in [2.24, 2.45) is 0 Å². The molecule has 0 saturated heterocycles. The highest BCUT2D eigenvalue weighted by Gasteiger charge is 2.15. The molecule has 1 aromatic carbocycles. The largest absolute Gasteiger partial charge is 0.398 e. The van der Waals surface area contributed by atoms with Gasteiger partial charge in [-0.1, -0.05) is 12.1 Å². The molecular weight excluding hydrogens is 298 g/mol. The van der Waals surface area contributed by atoms with Crippen LogP contribution in [0.2, 0.25) is 0 Å². The first-order valence-corrected chi connectivity index (χ1v) is 8.72. The zero-order chi connectivity index (χ0) is 15.2. The Morgan fingerprint density at radius 1 is 1.35 bits per heavy atom. The number of carbonyl (C=O) groups excluding carboxylic acids is 1. The van der Waals surface area contributed by atoms with Gasteiger partial charge in [0.15, 0.2) is 0 Å². The maximum atomic E-state index is 11.7. The number of nitrogens with one attached hydrogen (secondary N) is 2. The molecule has 1 rings (SSSR count). The number of nitrogens with two attached hydrogens (primary N) is 1. The average molecular weight is 317 g/mol. The number of para-hydroxylation sites is 1. The third-order valence-corrected chi connectivity index (χ3v) is 4.78. The lowest BCUT2D eigenvalue weighted by atomic mass is 10.3. The van der Waals surface area contributed by atoms with E-state index >= 15 is 0 Å². The quantitative estimate of drug-likeness (QED) is 0.544. The standard InChI is InChI=1S/C12H19N3O3S2/c1-9(2)14-12(16)15-20(17,18)8-7-19-11-6-4-3-5-10(11)13/h3-6,9H,7-8,13H2,1-2H3,(H2,14,15,16). The monoisotopic (exact) mass is 317 g/mol. The van der Waals surface area contributed by atoms with Crippen LogP contribution in [0.1, 0.15) is 13.8 Å². The number of anilines is 1. The summed E-state index contributed by atoms with van der Waals surface area (Å²) in [4.78, 5) is 12.2. The minimum absolute atomic E-state index is 0.122. The van der Waals surface area contributed by atoms with Gasteiger partial charge >= 0.3 is 6.03 Å². The third kappa shape index (κ3) is 6.16. The van der Waals surface area contributed by atoms with Crippen molar-refractivity contribution in [3.63, 3.8) is 0 Å². The van der Waals surface area contributed by atoms with Gasteiger partial charge in [-0.3, -0.25) is 0 Å². The highest BCUT2D eigenvalue weighted by Crippen LogP contribution is 2.24. The molecule has 0 saturated carbocycles. The molecule has 0 fully saturated rings. The van der Waals surface area contributed by atoms with E-state index in [4.69, 9.17) is 5.73 Å². The van der Waals surface area contributed by atoms with Crippen molar-refractivity contribution in [3.05, 3.63) is 24.3 Å². The Labute approximate surface area is 123 Å². The van der Waals surface area contributed by atoms with Gasteiger partial charge in [0.2, 0.25) is 10.0 Å². The average Bonchev–Trinajstić information content (AvgIpc) is 2.29. The molecule has 1 aromatic rings. The fourth-order valence-corrected chi connectivity index (χ4v) is 3.64. The smallest absolute Gasteiger partial charge is 0.328 e. The van der Waals surface area contributed by atoms with E-state index < -0.39 is 16.1 Å². The van der Waals surface area contributed by atoms with Crippen molar-refractivity contribution >= 4 is 33.5 Å². The Kier molecular flexibility index (Phi) is 6.15. The van der Waals surface area contributed by atoms with Crippen LogP contribution in [0.3, 0.4) is 0 Å². The second-order valence-corrected chi connectivity index (χ2v) is 7.41. The van der Waals surface area contributed by atoms with Crippen LogP contribution in [0.25, 0.3) is 0 Å². The van der Waals surface area contributed by atoms with Crippen LogP contribution in [0, 0.1) is 0 Å². The van der Waals surface area contributed by atoms with Crippen molar-refractivity contribution in [1.29, 1.82) is 0 Å². The molecule has 0 aliphatic rings. The van der Waals surface area contributed by atoms with Crippen LogP contribution in [-0.4, -0.2) is 32.0 Å². The number of carbonyl (C=O) groups is 1. The molecule has 0 heterocycles. The van der Waals surface area contributed by atoms with Crippen LogP contribution in [-0.2, 0) is 10.0 Å². The Bertz CT molecular complexity index is 559. The summed E-state index contributed by atoms with van der Waals surface area (Å²) in [5.41, 5.74) is 6.37. The Balaban J connectivity index is 2.44. The minimum Gasteiger partial charge on any atom is -0.398 e.